The lowest BCUT2D eigenvalue weighted by Gasteiger charge is -2.13. The third kappa shape index (κ3) is 4.26. The van der Waals surface area contributed by atoms with Crippen LogP contribution in [-0.2, 0) is 6.42 Å². The molecule has 0 amide bonds. The van der Waals surface area contributed by atoms with Gasteiger partial charge in [-0.05, 0) is 32.6 Å². The van der Waals surface area contributed by atoms with E-state index in [0.29, 0.717) is 0 Å². The van der Waals surface area contributed by atoms with Gasteiger partial charge in [-0.25, -0.2) is 0 Å². The molecule has 1 N–H and O–H groups in total. The molecule has 5 heteroatoms. The van der Waals surface area contributed by atoms with Crippen molar-refractivity contribution in [3.63, 3.8) is 0 Å². The molecule has 0 fully saturated rings. The molecule has 0 unspecified atom stereocenters. The van der Waals surface area contributed by atoms with E-state index < -0.39 is 0 Å². The van der Waals surface area contributed by atoms with Crippen LogP contribution in [0.3, 0.4) is 0 Å². The third-order valence-corrected chi connectivity index (χ3v) is 2.62. The molecule has 0 aromatic heterocycles. The van der Waals surface area contributed by atoms with Gasteiger partial charge in [0.15, 0.2) is 0 Å². The van der Waals surface area contributed by atoms with Crippen molar-refractivity contribution in [3.8, 4) is 5.75 Å². The predicted molar refractivity (Wildman–Crippen MR) is 77.2 cm³/mol. The van der Waals surface area contributed by atoms with E-state index in [0.717, 1.165) is 31.9 Å². The Morgan fingerprint density at radius 3 is 2.76 bits per heavy atom. The first-order valence-corrected chi connectivity index (χ1v) is 5.40. The van der Waals surface area contributed by atoms with Gasteiger partial charge in [0.25, 0.3) is 0 Å². The number of likely N-dealkylation sites (N-methyl/N-ethyl adjacent to an activating group) is 1. The molecule has 0 bridgehead atoms. The number of hydrogen-bond donors (Lipinski definition) is 1. The smallest absolute Gasteiger partial charge is 0.124 e. The number of benzene rings is 1. The number of nitrogens with one attached hydrogen (secondary N) is 1. The molecule has 1 aliphatic heterocycles. The van der Waals surface area contributed by atoms with Crippen molar-refractivity contribution >= 4 is 30.5 Å². The lowest BCUT2D eigenvalue weighted by Crippen LogP contribution is -2.19. The van der Waals surface area contributed by atoms with Crippen molar-refractivity contribution < 1.29 is 4.74 Å². The molecule has 98 valence electrons. The molecule has 0 radical (unpaired) electrons. The van der Waals surface area contributed by atoms with Crippen molar-refractivity contribution in [2.24, 2.45) is 0 Å². The summed E-state index contributed by atoms with van der Waals surface area (Å²) in [5, 5.41) is 3.35. The molecule has 0 aliphatic carbocycles. The predicted octanol–water partition coefficient (Wildman–Crippen LogP) is 2.44. The Morgan fingerprint density at radius 1 is 1.29 bits per heavy atom. The number of fused-ring (bicyclic) bond motifs is 1. The Balaban J connectivity index is 0.00000128. The number of anilines is 1. The molecule has 0 spiro atoms. The zero-order chi connectivity index (χ0) is 10.7. The van der Waals surface area contributed by atoms with Gasteiger partial charge in [0.1, 0.15) is 12.4 Å². The van der Waals surface area contributed by atoms with Crippen LogP contribution in [-0.4, -0.2) is 38.7 Å². The second kappa shape index (κ2) is 7.64. The number of hydrogen-bond acceptors (Lipinski definition) is 3. The molecule has 1 heterocycles. The van der Waals surface area contributed by atoms with E-state index in [9.17, 15) is 0 Å². The number of ether oxygens (including phenoxy) is 1. The van der Waals surface area contributed by atoms with Crippen molar-refractivity contribution in [2.75, 3.05) is 39.1 Å². The highest BCUT2D eigenvalue weighted by Gasteiger charge is 2.14. The zero-order valence-electron chi connectivity index (χ0n) is 10.2. The summed E-state index contributed by atoms with van der Waals surface area (Å²) in [4.78, 5) is 2.13. The number of halogens is 2. The molecule has 1 aromatic carbocycles. The monoisotopic (exact) mass is 278 g/mol. The van der Waals surface area contributed by atoms with Gasteiger partial charge in [0.05, 0.1) is 0 Å². The van der Waals surface area contributed by atoms with E-state index >= 15 is 0 Å². The number of nitrogens with zero attached hydrogens (tertiary/aromatic N) is 1. The van der Waals surface area contributed by atoms with Gasteiger partial charge < -0.3 is 15.0 Å². The minimum atomic E-state index is 0. The van der Waals surface area contributed by atoms with Gasteiger partial charge in [-0.15, -0.1) is 24.8 Å². The lowest BCUT2D eigenvalue weighted by molar-refractivity contribution is 0.260. The van der Waals surface area contributed by atoms with Crippen LogP contribution in [0.25, 0.3) is 0 Å². The van der Waals surface area contributed by atoms with Crippen LogP contribution in [0.5, 0.6) is 5.75 Å². The summed E-state index contributed by atoms with van der Waals surface area (Å²) < 4.78 is 5.78. The lowest BCUT2D eigenvalue weighted by atomic mass is 10.1. The van der Waals surface area contributed by atoms with E-state index in [4.69, 9.17) is 4.74 Å². The topological polar surface area (TPSA) is 24.5 Å². The molecule has 3 nitrogen and oxygen atoms in total. The molecule has 0 saturated carbocycles. The summed E-state index contributed by atoms with van der Waals surface area (Å²) in [6.45, 7) is 2.74. The van der Waals surface area contributed by atoms with Gasteiger partial charge in [0.2, 0.25) is 0 Å². The van der Waals surface area contributed by atoms with Crippen molar-refractivity contribution in [2.45, 2.75) is 6.42 Å². The van der Waals surface area contributed by atoms with E-state index in [-0.39, 0.29) is 24.8 Å². The van der Waals surface area contributed by atoms with Crippen molar-refractivity contribution in [1.29, 1.82) is 0 Å². The van der Waals surface area contributed by atoms with Crippen molar-refractivity contribution in [3.05, 3.63) is 23.8 Å². The largest absolute Gasteiger partial charge is 0.492 e. The Labute approximate surface area is 115 Å². The van der Waals surface area contributed by atoms with Crippen LogP contribution in [0.4, 0.5) is 5.69 Å². The SMILES string of the molecule is CN(C)CCOc1cccc2c1CCN2.Cl.Cl. The standard InChI is InChI=1S/C12H18N2O.2ClH/c1-14(2)8-9-15-12-5-3-4-11-10(12)6-7-13-11;;/h3-5,13H,6-9H2,1-2H3;2*1H. The number of rotatable bonds is 4. The van der Waals surface area contributed by atoms with Gasteiger partial charge in [-0.3, -0.25) is 0 Å². The van der Waals surface area contributed by atoms with Gasteiger partial charge >= 0.3 is 0 Å². The Kier molecular flexibility index (Phi) is 7.35. The van der Waals surface area contributed by atoms with E-state index in [1.165, 1.54) is 11.3 Å². The maximum Gasteiger partial charge on any atom is 0.124 e. The second-order valence-corrected chi connectivity index (χ2v) is 4.11. The summed E-state index contributed by atoms with van der Waals surface area (Å²) in [7, 11) is 4.11. The second-order valence-electron chi connectivity index (χ2n) is 4.11. The van der Waals surface area contributed by atoms with E-state index in [1.54, 1.807) is 0 Å². The normalized spacial score (nSPS) is 12.2. The Morgan fingerprint density at radius 2 is 2.06 bits per heavy atom. The maximum atomic E-state index is 5.78. The highest BCUT2D eigenvalue weighted by atomic mass is 35.5. The van der Waals surface area contributed by atoms with Crippen LogP contribution in [0, 0.1) is 0 Å². The molecule has 1 aliphatic rings. The van der Waals surface area contributed by atoms with Gasteiger partial charge in [0, 0.05) is 24.3 Å². The average Bonchev–Trinajstić information content (AvgIpc) is 2.65. The van der Waals surface area contributed by atoms with Gasteiger partial charge in [-0.1, -0.05) is 6.07 Å². The molecule has 0 atom stereocenters. The van der Waals surface area contributed by atoms with E-state index in [2.05, 4.69) is 36.4 Å². The van der Waals surface area contributed by atoms with Crippen LogP contribution >= 0.6 is 24.8 Å². The van der Waals surface area contributed by atoms with E-state index in [1.807, 2.05) is 6.07 Å². The van der Waals surface area contributed by atoms with Crippen LogP contribution in [0.2, 0.25) is 0 Å². The Bertz CT molecular complexity index is 345. The summed E-state index contributed by atoms with van der Waals surface area (Å²) >= 11 is 0. The summed E-state index contributed by atoms with van der Waals surface area (Å²) in [5.41, 5.74) is 2.56. The van der Waals surface area contributed by atoms with Crippen LogP contribution in [0.1, 0.15) is 5.56 Å². The average molecular weight is 279 g/mol. The molecule has 2 rings (SSSR count). The van der Waals surface area contributed by atoms with Gasteiger partial charge in [-0.2, -0.15) is 0 Å². The molecule has 1 aromatic rings. The first-order valence-electron chi connectivity index (χ1n) is 5.40. The summed E-state index contributed by atoms with van der Waals surface area (Å²) in [6.07, 6.45) is 1.08. The quantitative estimate of drug-likeness (QED) is 0.916. The Hall–Kier alpha value is -0.640. The minimum Gasteiger partial charge on any atom is -0.492 e. The minimum absolute atomic E-state index is 0. The molecule has 17 heavy (non-hydrogen) atoms. The fourth-order valence-corrected chi connectivity index (χ4v) is 1.78. The molecular formula is C12H20Cl2N2O. The summed E-state index contributed by atoms with van der Waals surface area (Å²) in [5.74, 6) is 1.04. The van der Waals surface area contributed by atoms with Crippen LogP contribution < -0.4 is 10.1 Å². The third-order valence-electron chi connectivity index (χ3n) is 2.62. The summed E-state index contributed by atoms with van der Waals surface area (Å²) in [6, 6.07) is 6.21. The first-order chi connectivity index (χ1) is 7.27. The van der Waals surface area contributed by atoms with Crippen LogP contribution in [0.15, 0.2) is 18.2 Å². The first kappa shape index (κ1) is 16.4. The zero-order valence-corrected chi connectivity index (χ0v) is 11.9. The fraction of sp³-hybridized carbons (Fsp3) is 0.500. The molecular weight excluding hydrogens is 259 g/mol. The highest BCUT2D eigenvalue weighted by molar-refractivity contribution is 5.85. The highest BCUT2D eigenvalue weighted by Crippen LogP contribution is 2.30. The molecule has 0 saturated heterocycles. The fourth-order valence-electron chi connectivity index (χ4n) is 1.78. The maximum absolute atomic E-state index is 5.78. The van der Waals surface area contributed by atoms with Crippen molar-refractivity contribution in [1.82, 2.24) is 4.90 Å².